The Hall–Kier alpha value is -1.11. The number of nitrogens with two attached hydrogens (primary N) is 1. The van der Waals surface area contributed by atoms with Crippen LogP contribution in [0.15, 0.2) is 24.3 Å². The molecule has 0 unspecified atom stereocenters. The van der Waals surface area contributed by atoms with Gasteiger partial charge >= 0.3 is 5.97 Å². The summed E-state index contributed by atoms with van der Waals surface area (Å²) in [7, 11) is -3.43. The summed E-state index contributed by atoms with van der Waals surface area (Å²) in [4.78, 5) is 12.3. The van der Waals surface area contributed by atoms with Gasteiger partial charge in [0.05, 0.1) is 11.9 Å². The first-order valence-electron chi connectivity index (χ1n) is 6.60. The van der Waals surface area contributed by atoms with E-state index < -0.39 is 32.4 Å². The highest BCUT2D eigenvalue weighted by molar-refractivity contribution is 7.91. The molecule has 1 aromatic carbocycles. The first-order valence-corrected chi connectivity index (χ1v) is 8.94. The number of carbonyl (C=O) groups is 1. The van der Waals surface area contributed by atoms with Gasteiger partial charge in [0.1, 0.15) is 5.41 Å². The van der Waals surface area contributed by atoms with Crippen molar-refractivity contribution in [3.05, 3.63) is 34.9 Å². The molecule has 5 nitrogen and oxygen atoms in total. The molecule has 116 valence electrons. The molecule has 0 amide bonds. The molecule has 0 aromatic heterocycles. The summed E-state index contributed by atoms with van der Waals surface area (Å²) in [6.07, 6.45) is 1.12. The van der Waals surface area contributed by atoms with E-state index in [9.17, 15) is 13.2 Å². The maximum absolute atomic E-state index is 12.3. The van der Waals surface area contributed by atoms with Crippen LogP contribution in [-0.4, -0.2) is 39.0 Å². The minimum Gasteiger partial charge on any atom is -0.465 e. The van der Waals surface area contributed by atoms with Gasteiger partial charge in [0.15, 0.2) is 9.84 Å². The van der Waals surface area contributed by atoms with Crippen molar-refractivity contribution < 1.29 is 17.9 Å². The monoisotopic (exact) mass is 331 g/mol. The quantitative estimate of drug-likeness (QED) is 0.823. The number of hydrogen-bond acceptors (Lipinski definition) is 5. The molecule has 3 atom stereocenters. The smallest absolute Gasteiger partial charge is 0.315 e. The summed E-state index contributed by atoms with van der Waals surface area (Å²) in [6, 6.07) is 6.78. The Morgan fingerprint density at radius 3 is 2.38 bits per heavy atom. The Kier molecular flexibility index (Phi) is 4.33. The Balaban J connectivity index is 2.47. The van der Waals surface area contributed by atoms with E-state index in [2.05, 4.69) is 0 Å². The van der Waals surface area contributed by atoms with Gasteiger partial charge in [-0.2, -0.15) is 0 Å². The van der Waals surface area contributed by atoms with E-state index in [1.807, 2.05) is 0 Å². The van der Waals surface area contributed by atoms with Crippen LogP contribution in [0, 0.1) is 5.41 Å². The fourth-order valence-corrected chi connectivity index (χ4v) is 5.06. The third-order valence-corrected chi connectivity index (χ3v) is 5.81. The molecular formula is C14H18ClNO4S. The highest BCUT2D eigenvalue weighted by atomic mass is 35.5. The molecule has 0 radical (unpaired) electrons. The molecular weight excluding hydrogens is 314 g/mol. The number of esters is 1. The highest BCUT2D eigenvalue weighted by Crippen LogP contribution is 2.62. The maximum Gasteiger partial charge on any atom is 0.315 e. The minimum absolute atomic E-state index is 0.0726. The van der Waals surface area contributed by atoms with E-state index in [-0.39, 0.29) is 13.2 Å². The van der Waals surface area contributed by atoms with Crippen molar-refractivity contribution in [1.29, 1.82) is 0 Å². The Bertz CT molecular complexity index is 643. The largest absolute Gasteiger partial charge is 0.465 e. The first-order chi connectivity index (χ1) is 9.79. The third kappa shape index (κ3) is 2.67. The van der Waals surface area contributed by atoms with Gasteiger partial charge in [-0.25, -0.2) is 8.42 Å². The van der Waals surface area contributed by atoms with Gasteiger partial charge in [-0.1, -0.05) is 23.7 Å². The van der Waals surface area contributed by atoms with Gasteiger partial charge in [-0.05, 0) is 24.6 Å². The van der Waals surface area contributed by atoms with Gasteiger partial charge in [-0.3, -0.25) is 4.79 Å². The normalized spacial score (nSPS) is 28.2. The van der Waals surface area contributed by atoms with Gasteiger partial charge < -0.3 is 10.5 Å². The van der Waals surface area contributed by atoms with Gasteiger partial charge in [0.2, 0.25) is 0 Å². The van der Waals surface area contributed by atoms with Crippen molar-refractivity contribution in [3.8, 4) is 0 Å². The lowest BCUT2D eigenvalue weighted by Gasteiger charge is -2.14. The van der Waals surface area contributed by atoms with Crippen LogP contribution in [0.1, 0.15) is 18.4 Å². The number of sulfone groups is 1. The molecule has 0 spiro atoms. The van der Waals surface area contributed by atoms with Crippen LogP contribution in [0.3, 0.4) is 0 Å². The number of benzene rings is 1. The molecule has 1 fully saturated rings. The van der Waals surface area contributed by atoms with Crippen LogP contribution in [0.25, 0.3) is 0 Å². The molecule has 0 bridgehead atoms. The van der Waals surface area contributed by atoms with E-state index in [0.717, 1.165) is 11.8 Å². The Morgan fingerprint density at radius 2 is 1.95 bits per heavy atom. The standard InChI is InChI=1S/C14H18ClNO4S/c1-3-20-13(17)14(8-16)11(12(14)21(2,18)19)9-4-6-10(15)7-5-9/h4-7,11-12H,3,8,16H2,1-2H3/t11-,12+,14+/m0/s1. The molecule has 0 saturated heterocycles. The van der Waals surface area contributed by atoms with Crippen molar-refractivity contribution in [3.63, 3.8) is 0 Å². The van der Waals surface area contributed by atoms with Crippen molar-refractivity contribution in [2.24, 2.45) is 11.1 Å². The number of carbonyl (C=O) groups excluding carboxylic acids is 1. The summed E-state index contributed by atoms with van der Waals surface area (Å²) >= 11 is 5.85. The molecule has 21 heavy (non-hydrogen) atoms. The average Bonchev–Trinajstić information content (AvgIpc) is 3.10. The van der Waals surface area contributed by atoms with Crippen LogP contribution in [0.5, 0.6) is 0 Å². The number of ether oxygens (including phenoxy) is 1. The fourth-order valence-electron chi connectivity index (χ4n) is 3.01. The molecule has 1 aliphatic rings. The molecule has 2 rings (SSSR count). The summed E-state index contributed by atoms with van der Waals surface area (Å²) in [5.41, 5.74) is 5.29. The predicted molar refractivity (Wildman–Crippen MR) is 80.9 cm³/mol. The lowest BCUT2D eigenvalue weighted by Crippen LogP contribution is -2.33. The molecule has 1 aromatic rings. The zero-order valence-electron chi connectivity index (χ0n) is 11.9. The maximum atomic E-state index is 12.3. The summed E-state index contributed by atoms with van der Waals surface area (Å²) in [5.74, 6) is -1.04. The second-order valence-corrected chi connectivity index (χ2v) is 7.85. The van der Waals surface area contributed by atoms with Crippen LogP contribution >= 0.6 is 11.6 Å². The summed E-state index contributed by atoms with van der Waals surface area (Å²) in [5, 5.41) is -0.306. The molecule has 2 N–H and O–H groups in total. The van der Waals surface area contributed by atoms with Crippen molar-refractivity contribution >= 4 is 27.4 Å². The van der Waals surface area contributed by atoms with E-state index in [0.29, 0.717) is 5.02 Å². The summed E-state index contributed by atoms with van der Waals surface area (Å²) in [6.45, 7) is 1.79. The van der Waals surface area contributed by atoms with Crippen LogP contribution in [0.4, 0.5) is 0 Å². The van der Waals surface area contributed by atoms with E-state index in [4.69, 9.17) is 22.1 Å². The zero-order valence-corrected chi connectivity index (χ0v) is 13.4. The van der Waals surface area contributed by atoms with Gasteiger partial charge in [0.25, 0.3) is 0 Å². The topological polar surface area (TPSA) is 86.5 Å². The lowest BCUT2D eigenvalue weighted by atomic mass is 9.99. The Labute approximate surface area is 129 Å². The molecule has 7 heteroatoms. The van der Waals surface area contributed by atoms with Crippen molar-refractivity contribution in [2.45, 2.75) is 18.1 Å². The minimum atomic E-state index is -3.43. The summed E-state index contributed by atoms with van der Waals surface area (Å²) < 4.78 is 29.1. The average molecular weight is 332 g/mol. The molecule has 0 aliphatic heterocycles. The second kappa shape index (κ2) is 5.59. The van der Waals surface area contributed by atoms with Crippen LogP contribution in [-0.2, 0) is 19.4 Å². The lowest BCUT2D eigenvalue weighted by molar-refractivity contribution is -0.149. The Morgan fingerprint density at radius 1 is 1.38 bits per heavy atom. The van der Waals surface area contributed by atoms with E-state index in [1.54, 1.807) is 31.2 Å². The molecule has 1 saturated carbocycles. The molecule has 0 heterocycles. The number of hydrogen-bond donors (Lipinski definition) is 1. The fraction of sp³-hybridized carbons (Fsp3) is 0.500. The number of halogens is 1. The first kappa shape index (κ1) is 16.3. The van der Waals surface area contributed by atoms with Crippen LogP contribution < -0.4 is 5.73 Å². The van der Waals surface area contributed by atoms with E-state index in [1.165, 1.54) is 0 Å². The van der Waals surface area contributed by atoms with Crippen molar-refractivity contribution in [2.75, 3.05) is 19.4 Å². The van der Waals surface area contributed by atoms with Crippen molar-refractivity contribution in [1.82, 2.24) is 0 Å². The highest BCUT2D eigenvalue weighted by Gasteiger charge is 2.74. The molecule has 1 aliphatic carbocycles. The van der Waals surface area contributed by atoms with Crippen LogP contribution in [0.2, 0.25) is 5.02 Å². The van der Waals surface area contributed by atoms with E-state index >= 15 is 0 Å². The number of rotatable bonds is 5. The van der Waals surface area contributed by atoms with Gasteiger partial charge in [-0.15, -0.1) is 0 Å². The SMILES string of the molecule is CCOC(=O)[C@@]1(CN)[C@H](S(C)(=O)=O)[C@@H]1c1ccc(Cl)cc1. The van der Waals surface area contributed by atoms with Gasteiger partial charge in [0, 0.05) is 23.7 Å². The third-order valence-electron chi connectivity index (χ3n) is 3.94. The zero-order chi connectivity index (χ0) is 15.8. The second-order valence-electron chi connectivity index (χ2n) is 5.24. The predicted octanol–water partition coefficient (Wildman–Crippen LogP) is 1.36.